The van der Waals surface area contributed by atoms with Gasteiger partial charge in [0.25, 0.3) is 5.91 Å². The number of carbonyl (C=O) groups is 1. The second-order valence-corrected chi connectivity index (χ2v) is 9.35. The Bertz CT molecular complexity index is 649. The summed E-state index contributed by atoms with van der Waals surface area (Å²) in [6.45, 7) is 9.19. The lowest BCUT2D eigenvalue weighted by atomic mass is 9.95. The molecule has 2 aliphatic heterocycles. The molecule has 3 fully saturated rings. The van der Waals surface area contributed by atoms with Gasteiger partial charge in [-0.15, -0.1) is 0 Å². The summed E-state index contributed by atoms with van der Waals surface area (Å²) in [6.07, 6.45) is 13.3. The van der Waals surface area contributed by atoms with Crippen molar-refractivity contribution in [3.05, 3.63) is 17.8 Å². The minimum Gasteiger partial charge on any atom is -0.448 e. The van der Waals surface area contributed by atoms with E-state index >= 15 is 0 Å². The van der Waals surface area contributed by atoms with Crippen molar-refractivity contribution in [1.82, 2.24) is 19.7 Å². The van der Waals surface area contributed by atoms with Crippen LogP contribution in [0.2, 0.25) is 0 Å². The third kappa shape index (κ3) is 5.40. The molecule has 2 saturated heterocycles. The molecule has 0 aromatic carbocycles. The van der Waals surface area contributed by atoms with Gasteiger partial charge in [0.1, 0.15) is 5.76 Å². The molecular weight excluding hydrogens is 364 g/mol. The largest absolute Gasteiger partial charge is 0.448 e. The predicted molar refractivity (Wildman–Crippen MR) is 114 cm³/mol. The van der Waals surface area contributed by atoms with Gasteiger partial charge in [0.15, 0.2) is 12.1 Å². The van der Waals surface area contributed by atoms with Gasteiger partial charge < -0.3 is 19.1 Å². The molecule has 1 saturated carbocycles. The highest BCUT2D eigenvalue weighted by Gasteiger charge is 2.31. The van der Waals surface area contributed by atoms with E-state index in [9.17, 15) is 4.79 Å². The molecule has 1 aromatic rings. The maximum Gasteiger partial charge on any atom is 0.276 e. The number of oxazole rings is 1. The molecule has 29 heavy (non-hydrogen) atoms. The lowest BCUT2D eigenvalue weighted by Gasteiger charge is -2.39. The molecule has 1 amide bonds. The number of aryl methyl sites for hydroxylation is 1. The Labute approximate surface area is 175 Å². The number of amides is 1. The highest BCUT2D eigenvalue weighted by molar-refractivity contribution is 5.93. The Balaban J connectivity index is 1.39. The van der Waals surface area contributed by atoms with Crippen molar-refractivity contribution in [1.29, 1.82) is 0 Å². The molecule has 0 radical (unpaired) electrons. The number of hydrogen-bond donors (Lipinski definition) is 0. The van der Waals surface area contributed by atoms with Crippen molar-refractivity contribution < 1.29 is 9.21 Å². The van der Waals surface area contributed by atoms with Gasteiger partial charge in [0, 0.05) is 32.2 Å². The third-order valence-corrected chi connectivity index (χ3v) is 7.24. The van der Waals surface area contributed by atoms with Gasteiger partial charge in [-0.3, -0.25) is 4.79 Å². The van der Waals surface area contributed by atoms with Crippen molar-refractivity contribution in [2.75, 3.05) is 45.8 Å². The smallest absolute Gasteiger partial charge is 0.276 e. The normalized spacial score (nSPS) is 24.8. The van der Waals surface area contributed by atoms with Crippen molar-refractivity contribution in [2.45, 2.75) is 70.8 Å². The molecule has 1 aromatic heterocycles. The van der Waals surface area contributed by atoms with Crippen LogP contribution in [0.4, 0.5) is 0 Å². The molecule has 162 valence electrons. The number of hydrogen-bond acceptors (Lipinski definition) is 5. The fourth-order valence-corrected chi connectivity index (χ4v) is 5.54. The average Bonchev–Trinajstić information content (AvgIpc) is 3.43. The SMILES string of the molecule is Cc1ocnc1C(=O)N(CCN1CCCCC1)C[C@H]1CCCN(C2CCCC2)C1. The maximum absolute atomic E-state index is 13.3. The monoisotopic (exact) mass is 402 g/mol. The summed E-state index contributed by atoms with van der Waals surface area (Å²) in [7, 11) is 0. The first kappa shape index (κ1) is 20.9. The topological polar surface area (TPSA) is 52.8 Å². The van der Waals surface area contributed by atoms with Gasteiger partial charge in [0.2, 0.25) is 0 Å². The maximum atomic E-state index is 13.3. The van der Waals surface area contributed by atoms with Crippen molar-refractivity contribution >= 4 is 5.91 Å². The summed E-state index contributed by atoms with van der Waals surface area (Å²) in [5.41, 5.74) is 0.493. The van der Waals surface area contributed by atoms with Gasteiger partial charge in [-0.25, -0.2) is 4.98 Å². The fourth-order valence-electron chi connectivity index (χ4n) is 5.54. The van der Waals surface area contributed by atoms with Crippen LogP contribution in [-0.4, -0.2) is 77.4 Å². The zero-order valence-electron chi connectivity index (χ0n) is 18.2. The molecule has 0 spiro atoms. The molecule has 4 rings (SSSR count). The quantitative estimate of drug-likeness (QED) is 0.698. The summed E-state index contributed by atoms with van der Waals surface area (Å²) >= 11 is 0. The Morgan fingerprint density at radius 2 is 1.90 bits per heavy atom. The van der Waals surface area contributed by atoms with E-state index in [4.69, 9.17) is 4.42 Å². The number of nitrogens with zero attached hydrogens (tertiary/aromatic N) is 4. The Hall–Kier alpha value is -1.40. The molecule has 1 atom stereocenters. The van der Waals surface area contributed by atoms with Crippen LogP contribution in [0, 0.1) is 12.8 Å². The molecule has 0 N–H and O–H groups in total. The fraction of sp³-hybridized carbons (Fsp3) is 0.826. The Morgan fingerprint density at radius 1 is 1.10 bits per heavy atom. The van der Waals surface area contributed by atoms with Crippen LogP contribution in [0.1, 0.15) is 74.0 Å². The van der Waals surface area contributed by atoms with E-state index in [0.717, 1.165) is 32.2 Å². The molecule has 0 unspecified atom stereocenters. The zero-order valence-corrected chi connectivity index (χ0v) is 18.2. The number of carbonyl (C=O) groups excluding carboxylic acids is 1. The number of rotatable bonds is 7. The molecule has 0 bridgehead atoms. The Morgan fingerprint density at radius 3 is 2.62 bits per heavy atom. The van der Waals surface area contributed by atoms with E-state index in [1.807, 2.05) is 6.92 Å². The van der Waals surface area contributed by atoms with Gasteiger partial charge in [-0.2, -0.15) is 0 Å². The minimum absolute atomic E-state index is 0.0475. The molecule has 6 heteroatoms. The van der Waals surface area contributed by atoms with E-state index in [-0.39, 0.29) is 5.91 Å². The van der Waals surface area contributed by atoms with Gasteiger partial charge in [-0.1, -0.05) is 19.3 Å². The standard InChI is InChI=1S/C23H38N4O2/c1-19-22(24-18-29-19)23(28)27(15-14-25-11-5-2-6-12-25)17-20-8-7-13-26(16-20)21-9-3-4-10-21/h18,20-21H,2-17H2,1H3/t20-/m0/s1. The molecule has 3 heterocycles. The number of aromatic nitrogens is 1. The lowest BCUT2D eigenvalue weighted by Crippen LogP contribution is -2.47. The van der Waals surface area contributed by atoms with E-state index in [2.05, 4.69) is 19.7 Å². The van der Waals surface area contributed by atoms with Crippen LogP contribution in [0.25, 0.3) is 0 Å². The van der Waals surface area contributed by atoms with Crippen LogP contribution in [0.3, 0.4) is 0 Å². The van der Waals surface area contributed by atoms with Crippen molar-refractivity contribution in [3.8, 4) is 0 Å². The zero-order chi connectivity index (χ0) is 20.1. The van der Waals surface area contributed by atoms with Crippen LogP contribution in [0.5, 0.6) is 0 Å². The lowest BCUT2D eigenvalue weighted by molar-refractivity contribution is 0.0604. The first-order chi connectivity index (χ1) is 14.2. The summed E-state index contributed by atoms with van der Waals surface area (Å²) in [4.78, 5) is 24.8. The molecule has 1 aliphatic carbocycles. The highest BCUT2D eigenvalue weighted by Crippen LogP contribution is 2.28. The number of likely N-dealkylation sites (tertiary alicyclic amines) is 2. The Kier molecular flexibility index (Phi) is 7.24. The molecule has 3 aliphatic rings. The van der Waals surface area contributed by atoms with Crippen LogP contribution in [-0.2, 0) is 0 Å². The summed E-state index contributed by atoms with van der Waals surface area (Å²) in [6, 6.07) is 0.785. The summed E-state index contributed by atoms with van der Waals surface area (Å²) in [5, 5.41) is 0. The predicted octanol–water partition coefficient (Wildman–Crippen LogP) is 3.57. The second kappa shape index (κ2) is 10.1. The van der Waals surface area contributed by atoms with E-state index in [1.165, 1.54) is 83.8 Å². The summed E-state index contributed by atoms with van der Waals surface area (Å²) < 4.78 is 5.33. The minimum atomic E-state index is 0.0475. The van der Waals surface area contributed by atoms with E-state index in [0.29, 0.717) is 17.4 Å². The van der Waals surface area contributed by atoms with Gasteiger partial charge in [0.05, 0.1) is 0 Å². The average molecular weight is 403 g/mol. The van der Waals surface area contributed by atoms with Crippen molar-refractivity contribution in [3.63, 3.8) is 0 Å². The van der Waals surface area contributed by atoms with Gasteiger partial charge in [-0.05, 0) is 71.0 Å². The van der Waals surface area contributed by atoms with E-state index < -0.39 is 0 Å². The van der Waals surface area contributed by atoms with E-state index in [1.54, 1.807) is 0 Å². The second-order valence-electron chi connectivity index (χ2n) is 9.35. The summed E-state index contributed by atoms with van der Waals surface area (Å²) in [5.74, 6) is 1.25. The molecule has 6 nitrogen and oxygen atoms in total. The molecular formula is C23H38N4O2. The first-order valence-electron chi connectivity index (χ1n) is 11.9. The van der Waals surface area contributed by atoms with Crippen LogP contribution >= 0.6 is 0 Å². The van der Waals surface area contributed by atoms with Crippen LogP contribution in [0.15, 0.2) is 10.8 Å². The number of piperidine rings is 2. The third-order valence-electron chi connectivity index (χ3n) is 7.24. The highest BCUT2D eigenvalue weighted by atomic mass is 16.3. The van der Waals surface area contributed by atoms with Gasteiger partial charge >= 0.3 is 0 Å². The van der Waals surface area contributed by atoms with Crippen LogP contribution < -0.4 is 0 Å². The van der Waals surface area contributed by atoms with Crippen molar-refractivity contribution in [2.24, 2.45) is 5.92 Å². The first-order valence-corrected chi connectivity index (χ1v) is 11.9.